The predicted octanol–water partition coefficient (Wildman–Crippen LogP) is 3.76. The van der Waals surface area contributed by atoms with E-state index in [9.17, 15) is 4.79 Å². The van der Waals surface area contributed by atoms with Crippen molar-refractivity contribution in [3.63, 3.8) is 0 Å². The molecule has 1 N–H and O–H groups in total. The van der Waals surface area contributed by atoms with E-state index in [0.717, 1.165) is 17.9 Å². The highest BCUT2D eigenvalue weighted by Gasteiger charge is 2.22. The summed E-state index contributed by atoms with van der Waals surface area (Å²) in [6.07, 6.45) is 0.0937. The number of benzene rings is 2. The lowest BCUT2D eigenvalue weighted by Crippen LogP contribution is -2.39. The largest absolute Gasteiger partial charge is 0.493 e. The zero-order valence-corrected chi connectivity index (χ0v) is 16.0. The molecule has 1 aliphatic rings. The van der Waals surface area contributed by atoms with E-state index < -0.39 is 5.97 Å². The van der Waals surface area contributed by atoms with Crippen LogP contribution in [0.4, 0.5) is 0 Å². The summed E-state index contributed by atoms with van der Waals surface area (Å²) in [7, 11) is 1.61. The summed E-state index contributed by atoms with van der Waals surface area (Å²) in [5.41, 5.74) is 1.05. The quantitative estimate of drug-likeness (QED) is 0.772. The van der Waals surface area contributed by atoms with Gasteiger partial charge in [-0.25, -0.2) is 0 Å². The first kappa shape index (κ1) is 21.0. The highest BCUT2D eigenvalue weighted by molar-refractivity contribution is 5.85. The number of nitrogens with zero attached hydrogens (tertiary/aromatic N) is 1. The Hall–Kier alpha value is -2.28. The van der Waals surface area contributed by atoms with E-state index in [4.69, 9.17) is 19.3 Å². The van der Waals surface area contributed by atoms with Gasteiger partial charge in [-0.1, -0.05) is 24.3 Å². The lowest BCUT2D eigenvalue weighted by atomic mass is 10.1. The molecule has 1 atom stereocenters. The smallest absolute Gasteiger partial charge is 0.304 e. The second-order valence-corrected chi connectivity index (χ2v) is 6.13. The van der Waals surface area contributed by atoms with E-state index in [2.05, 4.69) is 4.90 Å². The highest BCUT2D eigenvalue weighted by atomic mass is 35.5. The number of aliphatic carboxylic acids is 1. The number of morpholine rings is 1. The van der Waals surface area contributed by atoms with Crippen LogP contribution in [0.2, 0.25) is 0 Å². The Balaban J connectivity index is 0.00000261. The summed E-state index contributed by atoms with van der Waals surface area (Å²) in [6.45, 7) is 2.60. The molecule has 0 amide bonds. The molecule has 0 aromatic heterocycles. The molecule has 7 heteroatoms. The fourth-order valence-corrected chi connectivity index (χ4v) is 2.94. The number of rotatable bonds is 7. The number of methoxy groups -OCH3 is 1. The molecule has 6 nitrogen and oxygen atoms in total. The molecule has 1 heterocycles. The minimum absolute atomic E-state index is 0. The maximum absolute atomic E-state index is 10.7. The van der Waals surface area contributed by atoms with E-state index in [0.29, 0.717) is 31.2 Å². The molecule has 146 valence electrons. The summed E-state index contributed by atoms with van der Waals surface area (Å²) >= 11 is 0. The number of carboxylic acid groups (broad SMARTS) is 1. The normalized spacial score (nSPS) is 17.0. The van der Waals surface area contributed by atoms with E-state index in [1.165, 1.54) is 0 Å². The third kappa shape index (κ3) is 5.85. The Morgan fingerprint density at radius 3 is 2.56 bits per heavy atom. The highest BCUT2D eigenvalue weighted by Crippen LogP contribution is 2.32. The van der Waals surface area contributed by atoms with Gasteiger partial charge in [-0.3, -0.25) is 9.69 Å². The van der Waals surface area contributed by atoms with Crippen molar-refractivity contribution in [1.82, 2.24) is 4.90 Å². The van der Waals surface area contributed by atoms with Gasteiger partial charge in [0.1, 0.15) is 5.75 Å². The number of hydrogen-bond acceptors (Lipinski definition) is 5. The first-order valence-corrected chi connectivity index (χ1v) is 8.62. The van der Waals surface area contributed by atoms with Crippen LogP contribution in [0, 0.1) is 0 Å². The van der Waals surface area contributed by atoms with Gasteiger partial charge in [0.05, 0.1) is 26.2 Å². The lowest BCUT2D eigenvalue weighted by Gasteiger charge is -2.32. The molecule has 2 aromatic rings. The van der Waals surface area contributed by atoms with Gasteiger partial charge < -0.3 is 19.3 Å². The van der Waals surface area contributed by atoms with E-state index in [1.807, 2.05) is 48.5 Å². The number of para-hydroxylation sites is 2. The molecule has 1 unspecified atom stereocenters. The van der Waals surface area contributed by atoms with Crippen LogP contribution < -0.4 is 9.47 Å². The van der Waals surface area contributed by atoms with Crippen molar-refractivity contribution < 1.29 is 24.1 Å². The SMILES string of the molecule is COc1ccccc1Oc1ccc(C2CN(CCC(=O)O)CCO2)cc1.Cl. The Labute approximate surface area is 165 Å². The summed E-state index contributed by atoms with van der Waals surface area (Å²) < 4.78 is 17.0. The van der Waals surface area contributed by atoms with E-state index >= 15 is 0 Å². The van der Waals surface area contributed by atoms with Gasteiger partial charge in [0.25, 0.3) is 0 Å². The molecular formula is C20H24ClNO5. The molecular weight excluding hydrogens is 370 g/mol. The fraction of sp³-hybridized carbons (Fsp3) is 0.350. The molecule has 2 aromatic carbocycles. The number of ether oxygens (including phenoxy) is 3. The molecule has 0 radical (unpaired) electrons. The molecule has 1 aliphatic heterocycles. The van der Waals surface area contributed by atoms with Crippen LogP contribution in [0.25, 0.3) is 0 Å². The van der Waals surface area contributed by atoms with Crippen molar-refractivity contribution in [3.8, 4) is 17.2 Å². The van der Waals surface area contributed by atoms with Crippen LogP contribution in [0.5, 0.6) is 17.2 Å². The van der Waals surface area contributed by atoms with Crippen LogP contribution in [-0.2, 0) is 9.53 Å². The Bertz CT molecular complexity index is 737. The number of halogens is 1. The molecule has 1 fully saturated rings. The minimum atomic E-state index is -0.772. The topological polar surface area (TPSA) is 68.2 Å². The van der Waals surface area contributed by atoms with Crippen molar-refractivity contribution in [2.75, 3.05) is 33.4 Å². The summed E-state index contributed by atoms with van der Waals surface area (Å²) in [5, 5.41) is 8.84. The van der Waals surface area contributed by atoms with Crippen LogP contribution in [0.1, 0.15) is 18.1 Å². The zero-order valence-electron chi connectivity index (χ0n) is 15.2. The van der Waals surface area contributed by atoms with Gasteiger partial charge in [-0.2, -0.15) is 0 Å². The van der Waals surface area contributed by atoms with Gasteiger partial charge >= 0.3 is 5.97 Å². The van der Waals surface area contributed by atoms with E-state index in [1.54, 1.807) is 7.11 Å². The standard InChI is InChI=1S/C20H23NO5.ClH/c1-24-17-4-2-3-5-18(17)26-16-8-6-15(7-9-16)19-14-21(12-13-25-19)11-10-20(22)23;/h2-9,19H,10-14H2,1H3,(H,22,23);1H. The maximum atomic E-state index is 10.7. The van der Waals surface area contributed by atoms with Crippen LogP contribution in [-0.4, -0.2) is 49.3 Å². The molecule has 3 rings (SSSR count). The molecule has 0 saturated carbocycles. The Kier molecular flexibility index (Phi) is 7.91. The third-order valence-electron chi connectivity index (χ3n) is 4.34. The molecule has 0 spiro atoms. The van der Waals surface area contributed by atoms with Crippen molar-refractivity contribution in [3.05, 3.63) is 54.1 Å². The van der Waals surface area contributed by atoms with Crippen LogP contribution in [0.3, 0.4) is 0 Å². The first-order valence-electron chi connectivity index (χ1n) is 8.62. The van der Waals surface area contributed by atoms with Crippen molar-refractivity contribution in [1.29, 1.82) is 0 Å². The average Bonchev–Trinajstić information content (AvgIpc) is 2.67. The maximum Gasteiger partial charge on any atom is 0.304 e. The molecule has 1 saturated heterocycles. The second-order valence-electron chi connectivity index (χ2n) is 6.13. The predicted molar refractivity (Wildman–Crippen MR) is 104 cm³/mol. The third-order valence-corrected chi connectivity index (χ3v) is 4.34. The van der Waals surface area contributed by atoms with Crippen molar-refractivity contribution >= 4 is 18.4 Å². The Morgan fingerprint density at radius 1 is 1.19 bits per heavy atom. The second kappa shape index (κ2) is 10.2. The fourth-order valence-electron chi connectivity index (χ4n) is 2.94. The van der Waals surface area contributed by atoms with Crippen molar-refractivity contribution in [2.24, 2.45) is 0 Å². The average molecular weight is 394 g/mol. The van der Waals surface area contributed by atoms with E-state index in [-0.39, 0.29) is 24.9 Å². The zero-order chi connectivity index (χ0) is 18.4. The summed E-state index contributed by atoms with van der Waals surface area (Å²) in [4.78, 5) is 12.9. The number of carboxylic acids is 1. The summed E-state index contributed by atoms with van der Waals surface area (Å²) in [5.74, 6) is 1.29. The monoisotopic (exact) mass is 393 g/mol. The van der Waals surface area contributed by atoms with Crippen LogP contribution in [0.15, 0.2) is 48.5 Å². The molecule has 0 bridgehead atoms. The minimum Gasteiger partial charge on any atom is -0.493 e. The lowest BCUT2D eigenvalue weighted by molar-refractivity contribution is -0.137. The van der Waals surface area contributed by atoms with Gasteiger partial charge in [0, 0.05) is 19.6 Å². The molecule has 0 aliphatic carbocycles. The summed E-state index contributed by atoms with van der Waals surface area (Å²) in [6, 6.07) is 15.3. The van der Waals surface area contributed by atoms with Gasteiger partial charge in [0.15, 0.2) is 11.5 Å². The number of carbonyl (C=O) groups is 1. The van der Waals surface area contributed by atoms with Gasteiger partial charge in [-0.05, 0) is 29.8 Å². The van der Waals surface area contributed by atoms with Gasteiger partial charge in [-0.15, -0.1) is 12.4 Å². The van der Waals surface area contributed by atoms with Crippen LogP contribution >= 0.6 is 12.4 Å². The number of hydrogen-bond donors (Lipinski definition) is 1. The van der Waals surface area contributed by atoms with Crippen molar-refractivity contribution in [2.45, 2.75) is 12.5 Å². The first-order chi connectivity index (χ1) is 12.7. The van der Waals surface area contributed by atoms with Gasteiger partial charge in [0.2, 0.25) is 0 Å². The molecule has 27 heavy (non-hydrogen) atoms. The Morgan fingerprint density at radius 2 is 1.89 bits per heavy atom.